The summed E-state index contributed by atoms with van der Waals surface area (Å²) in [6.45, 7) is 2.60. The maximum Gasteiger partial charge on any atom is 0.471 e. The second kappa shape index (κ2) is 6.67. The zero-order chi connectivity index (χ0) is 17.0. The van der Waals surface area contributed by atoms with Crippen LogP contribution in [0.1, 0.15) is 36.0 Å². The minimum Gasteiger partial charge on any atom is -0.384 e. The molecule has 1 heterocycles. The van der Waals surface area contributed by atoms with Crippen molar-refractivity contribution in [2.24, 2.45) is 5.73 Å². The molecule has 2 rings (SSSR count). The Morgan fingerprint density at radius 3 is 2.70 bits per heavy atom. The van der Waals surface area contributed by atoms with E-state index in [1.54, 1.807) is 0 Å². The van der Waals surface area contributed by atoms with Gasteiger partial charge in [-0.3, -0.25) is 4.79 Å². The Hall–Kier alpha value is -2.58. The molecule has 0 aliphatic rings. The minimum absolute atomic E-state index is 0.216. The highest BCUT2D eigenvalue weighted by Crippen LogP contribution is 2.30. The lowest BCUT2D eigenvalue weighted by atomic mass is 10.1. The normalized spacial score (nSPS) is 11.5. The van der Waals surface area contributed by atoms with Gasteiger partial charge in [0.25, 0.3) is 5.91 Å². The lowest BCUT2D eigenvalue weighted by Gasteiger charge is -2.10. The molecule has 3 N–H and O–H groups in total. The van der Waals surface area contributed by atoms with Crippen LogP contribution in [0.4, 0.5) is 18.9 Å². The molecule has 0 aliphatic heterocycles. The average molecular weight is 328 g/mol. The SMILES string of the molecule is CCCCNc1cc(-c2noc(C(F)(F)F)n2)ccc1C(N)=O. The number of hydrogen-bond donors (Lipinski definition) is 2. The lowest BCUT2D eigenvalue weighted by molar-refractivity contribution is -0.159. The van der Waals surface area contributed by atoms with Gasteiger partial charge in [-0.05, 0) is 18.6 Å². The van der Waals surface area contributed by atoms with E-state index in [1.807, 2.05) is 6.92 Å². The Morgan fingerprint density at radius 1 is 1.39 bits per heavy atom. The molecule has 0 unspecified atom stereocenters. The van der Waals surface area contributed by atoms with Gasteiger partial charge in [-0.15, -0.1) is 0 Å². The Balaban J connectivity index is 2.34. The Labute approximate surface area is 129 Å². The van der Waals surface area contributed by atoms with Crippen LogP contribution in [0, 0.1) is 0 Å². The van der Waals surface area contributed by atoms with Gasteiger partial charge in [0, 0.05) is 17.8 Å². The molecule has 23 heavy (non-hydrogen) atoms. The van der Waals surface area contributed by atoms with Crippen molar-refractivity contribution in [1.82, 2.24) is 10.1 Å². The number of carbonyl (C=O) groups excluding carboxylic acids is 1. The highest BCUT2D eigenvalue weighted by molar-refractivity contribution is 5.99. The number of anilines is 1. The van der Waals surface area contributed by atoms with Gasteiger partial charge in [0.15, 0.2) is 0 Å². The van der Waals surface area contributed by atoms with Crippen LogP contribution in [-0.2, 0) is 6.18 Å². The molecular formula is C14H15F3N4O2. The largest absolute Gasteiger partial charge is 0.471 e. The number of alkyl halides is 3. The van der Waals surface area contributed by atoms with Gasteiger partial charge in [0.05, 0.1) is 5.56 Å². The number of benzene rings is 1. The highest BCUT2D eigenvalue weighted by atomic mass is 19.4. The molecule has 0 aliphatic carbocycles. The molecule has 6 nitrogen and oxygen atoms in total. The summed E-state index contributed by atoms with van der Waals surface area (Å²) in [5.74, 6) is -2.28. The smallest absolute Gasteiger partial charge is 0.384 e. The van der Waals surface area contributed by atoms with E-state index in [0.717, 1.165) is 12.8 Å². The molecule has 0 atom stereocenters. The standard InChI is InChI=1S/C14H15F3N4O2/c1-2-3-6-19-10-7-8(4-5-9(10)11(18)22)12-20-13(23-21-12)14(15,16)17/h4-5,7,19H,2-3,6H2,1H3,(H2,18,22). The molecule has 9 heteroatoms. The number of hydrogen-bond acceptors (Lipinski definition) is 5. The minimum atomic E-state index is -4.71. The summed E-state index contributed by atoms with van der Waals surface area (Å²) in [5, 5.41) is 6.35. The fourth-order valence-corrected chi connectivity index (χ4v) is 1.90. The predicted molar refractivity (Wildman–Crippen MR) is 76.7 cm³/mol. The molecule has 0 spiro atoms. The molecule has 0 saturated carbocycles. The summed E-state index contributed by atoms with van der Waals surface area (Å²) < 4.78 is 41.7. The number of amides is 1. The van der Waals surface area contributed by atoms with Crippen LogP contribution in [0.3, 0.4) is 0 Å². The lowest BCUT2D eigenvalue weighted by Crippen LogP contribution is -2.15. The summed E-state index contributed by atoms with van der Waals surface area (Å²) in [5.41, 5.74) is 6.24. The van der Waals surface area contributed by atoms with E-state index in [9.17, 15) is 18.0 Å². The van der Waals surface area contributed by atoms with Crippen LogP contribution >= 0.6 is 0 Å². The molecule has 2 aromatic rings. The van der Waals surface area contributed by atoms with Crippen LogP contribution in [0.15, 0.2) is 22.7 Å². The first-order chi connectivity index (χ1) is 10.8. The van der Waals surface area contributed by atoms with Gasteiger partial charge in [-0.2, -0.15) is 18.2 Å². The van der Waals surface area contributed by atoms with E-state index in [2.05, 4.69) is 20.0 Å². The van der Waals surface area contributed by atoms with E-state index in [0.29, 0.717) is 12.2 Å². The number of nitrogens with two attached hydrogens (primary N) is 1. The van der Waals surface area contributed by atoms with Crippen molar-refractivity contribution >= 4 is 11.6 Å². The van der Waals surface area contributed by atoms with Crippen molar-refractivity contribution in [3.63, 3.8) is 0 Å². The van der Waals surface area contributed by atoms with Crippen molar-refractivity contribution in [2.75, 3.05) is 11.9 Å². The van der Waals surface area contributed by atoms with Crippen LogP contribution < -0.4 is 11.1 Å². The van der Waals surface area contributed by atoms with Gasteiger partial charge >= 0.3 is 12.1 Å². The number of unbranched alkanes of at least 4 members (excludes halogenated alkanes) is 1. The first-order valence-corrected chi connectivity index (χ1v) is 6.92. The first-order valence-electron chi connectivity index (χ1n) is 6.92. The topological polar surface area (TPSA) is 94.0 Å². The molecule has 0 fully saturated rings. The molecular weight excluding hydrogens is 313 g/mol. The zero-order valence-corrected chi connectivity index (χ0v) is 12.3. The van der Waals surface area contributed by atoms with Crippen LogP contribution in [0.25, 0.3) is 11.4 Å². The quantitative estimate of drug-likeness (QED) is 0.795. The fraction of sp³-hybridized carbons (Fsp3) is 0.357. The summed E-state index contributed by atoms with van der Waals surface area (Å²) in [7, 11) is 0. The highest BCUT2D eigenvalue weighted by Gasteiger charge is 2.38. The van der Waals surface area contributed by atoms with E-state index in [-0.39, 0.29) is 17.0 Å². The van der Waals surface area contributed by atoms with E-state index in [1.165, 1.54) is 18.2 Å². The van der Waals surface area contributed by atoms with Crippen LogP contribution in [0.2, 0.25) is 0 Å². The summed E-state index contributed by atoms with van der Waals surface area (Å²) >= 11 is 0. The number of aromatic nitrogens is 2. The van der Waals surface area contributed by atoms with Gasteiger partial charge < -0.3 is 15.6 Å². The van der Waals surface area contributed by atoms with Gasteiger partial charge in [0.1, 0.15) is 0 Å². The zero-order valence-electron chi connectivity index (χ0n) is 12.3. The van der Waals surface area contributed by atoms with Crippen molar-refractivity contribution in [2.45, 2.75) is 25.9 Å². The van der Waals surface area contributed by atoms with Crippen molar-refractivity contribution in [3.05, 3.63) is 29.7 Å². The summed E-state index contributed by atoms with van der Waals surface area (Å²) in [4.78, 5) is 14.7. The van der Waals surface area contributed by atoms with Crippen molar-refractivity contribution < 1.29 is 22.5 Å². The number of nitrogens with zero attached hydrogens (tertiary/aromatic N) is 2. The maximum atomic E-state index is 12.5. The van der Waals surface area contributed by atoms with E-state index < -0.39 is 18.0 Å². The third-order valence-electron chi connectivity index (χ3n) is 3.06. The maximum absolute atomic E-state index is 12.5. The number of rotatable bonds is 6. The monoisotopic (exact) mass is 328 g/mol. The molecule has 124 valence electrons. The second-order valence-electron chi connectivity index (χ2n) is 4.83. The molecule has 1 aromatic carbocycles. The van der Waals surface area contributed by atoms with E-state index in [4.69, 9.17) is 5.73 Å². The third kappa shape index (κ3) is 3.99. The molecule has 1 aromatic heterocycles. The van der Waals surface area contributed by atoms with Crippen LogP contribution in [-0.4, -0.2) is 22.6 Å². The number of carbonyl (C=O) groups is 1. The second-order valence-corrected chi connectivity index (χ2v) is 4.83. The summed E-state index contributed by atoms with van der Waals surface area (Å²) in [6.07, 6.45) is -2.90. The Kier molecular flexibility index (Phi) is 4.87. The van der Waals surface area contributed by atoms with Gasteiger partial charge in [-0.1, -0.05) is 24.6 Å². The van der Waals surface area contributed by atoms with Crippen LogP contribution in [0.5, 0.6) is 0 Å². The Morgan fingerprint density at radius 2 is 2.13 bits per heavy atom. The van der Waals surface area contributed by atoms with E-state index >= 15 is 0 Å². The summed E-state index contributed by atoms with van der Waals surface area (Å²) in [6, 6.07) is 4.30. The number of nitrogens with one attached hydrogen (secondary N) is 1. The first kappa shape index (κ1) is 16.8. The third-order valence-corrected chi connectivity index (χ3v) is 3.06. The Bertz CT molecular complexity index is 698. The molecule has 0 bridgehead atoms. The predicted octanol–water partition coefficient (Wildman–Crippen LogP) is 3.07. The molecule has 1 amide bonds. The van der Waals surface area contributed by atoms with Gasteiger partial charge in [0.2, 0.25) is 5.82 Å². The van der Waals surface area contributed by atoms with Crippen molar-refractivity contribution in [1.29, 1.82) is 0 Å². The number of primary amides is 1. The molecule has 0 saturated heterocycles. The number of halogens is 3. The molecule has 0 radical (unpaired) electrons. The average Bonchev–Trinajstić information content (AvgIpc) is 2.97. The van der Waals surface area contributed by atoms with Gasteiger partial charge in [-0.25, -0.2) is 0 Å². The fourth-order valence-electron chi connectivity index (χ4n) is 1.90. The van der Waals surface area contributed by atoms with Crippen molar-refractivity contribution in [3.8, 4) is 11.4 Å².